The lowest BCUT2D eigenvalue weighted by molar-refractivity contribution is -0.129. The maximum atomic E-state index is 13.5. The molecule has 0 spiro atoms. The molecule has 6 heteroatoms. The van der Waals surface area contributed by atoms with Crippen LogP contribution in [0.4, 0.5) is 4.39 Å². The van der Waals surface area contributed by atoms with E-state index >= 15 is 0 Å². The lowest BCUT2D eigenvalue weighted by Gasteiger charge is -2.30. The van der Waals surface area contributed by atoms with Crippen molar-refractivity contribution in [1.29, 1.82) is 0 Å². The number of nitrogens with one attached hydrogen (secondary N) is 1. The smallest absolute Gasteiger partial charge is 0.241 e. The number of carbonyl (C=O) groups excluding carboxylic acids is 1. The minimum Gasteiger partial charge on any atom is -0.320 e. The molecule has 114 valence electrons. The first kappa shape index (κ1) is 15.2. The maximum Gasteiger partial charge on any atom is 0.241 e. The van der Waals surface area contributed by atoms with Crippen LogP contribution >= 0.6 is 23.5 Å². The topological polar surface area (TPSA) is 32.3 Å². The Kier molecular flexibility index (Phi) is 4.76. The Morgan fingerprint density at radius 2 is 2.29 bits per heavy atom. The summed E-state index contributed by atoms with van der Waals surface area (Å²) in [7, 11) is 0. The molecule has 2 heterocycles. The van der Waals surface area contributed by atoms with Gasteiger partial charge < -0.3 is 4.90 Å². The number of nitrogens with zero attached hydrogens (tertiary/aromatic N) is 1. The normalized spacial score (nSPS) is 29.9. The van der Waals surface area contributed by atoms with Crippen LogP contribution in [0.3, 0.4) is 0 Å². The molecule has 3 rings (SSSR count). The summed E-state index contributed by atoms with van der Waals surface area (Å²) in [5.41, 5.74) is 0.821. The number of carbonyl (C=O) groups is 1. The molecule has 0 aromatic heterocycles. The second-order valence-corrected chi connectivity index (χ2v) is 7.96. The van der Waals surface area contributed by atoms with Crippen molar-refractivity contribution in [2.24, 2.45) is 0 Å². The van der Waals surface area contributed by atoms with E-state index in [9.17, 15) is 9.18 Å². The molecule has 2 aliphatic rings. The lowest BCUT2D eigenvalue weighted by Crippen LogP contribution is -2.38. The number of hydrogen-bond acceptors (Lipinski definition) is 4. The fourth-order valence-corrected chi connectivity index (χ4v) is 5.45. The third kappa shape index (κ3) is 3.38. The van der Waals surface area contributed by atoms with Gasteiger partial charge in [0.25, 0.3) is 0 Å². The Balaban J connectivity index is 1.78. The monoisotopic (exact) mass is 326 g/mol. The first-order valence-corrected chi connectivity index (χ1v) is 9.37. The maximum absolute atomic E-state index is 13.5. The van der Waals surface area contributed by atoms with Gasteiger partial charge in [0.05, 0.1) is 6.04 Å². The quantitative estimate of drug-likeness (QED) is 0.925. The van der Waals surface area contributed by atoms with E-state index in [0.717, 1.165) is 23.6 Å². The summed E-state index contributed by atoms with van der Waals surface area (Å²) in [5.74, 6) is 3.27. The van der Waals surface area contributed by atoms with Gasteiger partial charge in [-0.25, -0.2) is 4.39 Å². The third-order valence-electron chi connectivity index (χ3n) is 3.82. The van der Waals surface area contributed by atoms with Gasteiger partial charge in [0, 0.05) is 29.1 Å². The first-order valence-electron chi connectivity index (χ1n) is 7.16. The van der Waals surface area contributed by atoms with Crippen LogP contribution in [0.5, 0.6) is 0 Å². The van der Waals surface area contributed by atoms with Crippen molar-refractivity contribution >= 4 is 29.4 Å². The van der Waals surface area contributed by atoms with Gasteiger partial charge in [0.2, 0.25) is 5.91 Å². The minimum absolute atomic E-state index is 0.112. The molecule has 1 aromatic carbocycles. The van der Waals surface area contributed by atoms with Crippen LogP contribution in [0, 0.1) is 5.82 Å². The molecule has 0 saturated carbocycles. The zero-order valence-electron chi connectivity index (χ0n) is 11.9. The van der Waals surface area contributed by atoms with Gasteiger partial charge in [-0.2, -0.15) is 23.5 Å². The summed E-state index contributed by atoms with van der Waals surface area (Å²) in [6.07, 6.45) is -0.212. The van der Waals surface area contributed by atoms with Crippen molar-refractivity contribution in [3.63, 3.8) is 0 Å². The summed E-state index contributed by atoms with van der Waals surface area (Å²) < 4.78 is 13.5. The van der Waals surface area contributed by atoms with E-state index in [-0.39, 0.29) is 23.9 Å². The van der Waals surface area contributed by atoms with Crippen LogP contribution in [0.15, 0.2) is 24.3 Å². The van der Waals surface area contributed by atoms with Gasteiger partial charge in [0.1, 0.15) is 12.0 Å². The summed E-state index contributed by atoms with van der Waals surface area (Å²) in [5, 5.41) is 3.75. The summed E-state index contributed by atoms with van der Waals surface area (Å²) >= 11 is 3.89. The second kappa shape index (κ2) is 6.58. The number of hydrogen-bond donors (Lipinski definition) is 1. The molecule has 0 radical (unpaired) electrons. The Bertz CT molecular complexity index is 522. The predicted octanol–water partition coefficient (Wildman–Crippen LogP) is 2.49. The van der Waals surface area contributed by atoms with E-state index in [4.69, 9.17) is 0 Å². The summed E-state index contributed by atoms with van der Waals surface area (Å²) in [6.45, 7) is 2.60. The van der Waals surface area contributed by atoms with Gasteiger partial charge in [0.15, 0.2) is 0 Å². The van der Waals surface area contributed by atoms with Gasteiger partial charge in [-0.1, -0.05) is 12.1 Å². The Morgan fingerprint density at radius 3 is 3.00 bits per heavy atom. The highest BCUT2D eigenvalue weighted by Crippen LogP contribution is 2.30. The zero-order valence-corrected chi connectivity index (χ0v) is 13.6. The molecule has 2 saturated heterocycles. The highest BCUT2D eigenvalue weighted by atomic mass is 32.2. The molecule has 1 aromatic rings. The Morgan fingerprint density at radius 1 is 1.43 bits per heavy atom. The van der Waals surface area contributed by atoms with E-state index < -0.39 is 0 Å². The SMILES string of the molecule is CC1NC(c2cccc(F)c2)N(CC2CSCCS2)C1=O. The fourth-order valence-electron chi connectivity index (χ4n) is 2.78. The van der Waals surface area contributed by atoms with Crippen LogP contribution in [-0.4, -0.2) is 45.9 Å². The van der Waals surface area contributed by atoms with E-state index in [1.54, 1.807) is 6.07 Å². The molecule has 2 aliphatic heterocycles. The average Bonchev–Trinajstić information content (AvgIpc) is 2.77. The molecular weight excluding hydrogens is 307 g/mol. The highest BCUT2D eigenvalue weighted by molar-refractivity contribution is 8.06. The lowest BCUT2D eigenvalue weighted by atomic mass is 10.1. The van der Waals surface area contributed by atoms with E-state index in [0.29, 0.717) is 5.25 Å². The van der Waals surface area contributed by atoms with Crippen LogP contribution in [0.25, 0.3) is 0 Å². The van der Waals surface area contributed by atoms with Crippen molar-refractivity contribution in [3.8, 4) is 0 Å². The van der Waals surface area contributed by atoms with Crippen molar-refractivity contribution in [1.82, 2.24) is 10.2 Å². The number of halogens is 1. The number of amides is 1. The molecule has 2 fully saturated rings. The standard InChI is InChI=1S/C15H19FN2OS2/c1-10-15(19)18(8-13-9-20-5-6-21-13)14(17-10)11-3-2-4-12(16)7-11/h2-4,7,10,13-14,17H,5-6,8-9H2,1H3. The predicted molar refractivity (Wildman–Crippen MR) is 87.0 cm³/mol. The Hall–Kier alpha value is -0.720. The molecular formula is C15H19FN2OS2. The van der Waals surface area contributed by atoms with Crippen molar-refractivity contribution in [3.05, 3.63) is 35.6 Å². The minimum atomic E-state index is -0.260. The first-order chi connectivity index (χ1) is 10.1. The van der Waals surface area contributed by atoms with Crippen LogP contribution < -0.4 is 5.32 Å². The van der Waals surface area contributed by atoms with Gasteiger partial charge in [-0.15, -0.1) is 0 Å². The van der Waals surface area contributed by atoms with Crippen molar-refractivity contribution < 1.29 is 9.18 Å². The molecule has 21 heavy (non-hydrogen) atoms. The van der Waals surface area contributed by atoms with Crippen LogP contribution in [0.2, 0.25) is 0 Å². The van der Waals surface area contributed by atoms with Crippen molar-refractivity contribution in [2.75, 3.05) is 23.8 Å². The van der Waals surface area contributed by atoms with Crippen molar-refractivity contribution in [2.45, 2.75) is 24.4 Å². The number of benzene rings is 1. The van der Waals surface area contributed by atoms with E-state index in [1.165, 1.54) is 17.9 Å². The molecule has 3 nitrogen and oxygen atoms in total. The van der Waals surface area contributed by atoms with E-state index in [1.807, 2.05) is 41.4 Å². The Labute approximate surface area is 133 Å². The van der Waals surface area contributed by atoms with Gasteiger partial charge in [-0.05, 0) is 24.6 Å². The average molecular weight is 326 g/mol. The molecule has 0 bridgehead atoms. The largest absolute Gasteiger partial charge is 0.320 e. The molecule has 0 aliphatic carbocycles. The zero-order chi connectivity index (χ0) is 14.8. The summed E-state index contributed by atoms with van der Waals surface area (Å²) in [4.78, 5) is 14.3. The second-order valence-electron chi connectivity index (χ2n) is 5.40. The van der Waals surface area contributed by atoms with Crippen LogP contribution in [-0.2, 0) is 4.79 Å². The summed E-state index contributed by atoms with van der Waals surface area (Å²) in [6, 6.07) is 6.31. The number of thioether (sulfide) groups is 2. The molecule has 1 N–H and O–H groups in total. The highest BCUT2D eigenvalue weighted by Gasteiger charge is 2.38. The molecule has 3 unspecified atom stereocenters. The molecule has 1 amide bonds. The van der Waals surface area contributed by atoms with Crippen LogP contribution in [0.1, 0.15) is 18.7 Å². The number of rotatable bonds is 3. The molecule has 3 atom stereocenters. The van der Waals surface area contributed by atoms with Gasteiger partial charge in [-0.3, -0.25) is 10.1 Å². The fraction of sp³-hybridized carbons (Fsp3) is 0.533. The third-order valence-corrected chi connectivity index (χ3v) is 6.65. The van der Waals surface area contributed by atoms with Gasteiger partial charge >= 0.3 is 0 Å². The van der Waals surface area contributed by atoms with E-state index in [2.05, 4.69) is 5.32 Å².